The average molecular weight is 156 g/mol. The fourth-order valence-corrected chi connectivity index (χ4v) is 2.13. The molecule has 1 heterocycles. The molecule has 1 saturated heterocycles. The third kappa shape index (κ3) is 0.872. The van der Waals surface area contributed by atoms with Gasteiger partial charge in [-0.2, -0.15) is 0 Å². The van der Waals surface area contributed by atoms with Crippen molar-refractivity contribution in [1.82, 2.24) is 0 Å². The lowest BCUT2D eigenvalue weighted by molar-refractivity contribution is -0.142. The highest BCUT2D eigenvalue weighted by molar-refractivity contribution is 5.74. The van der Waals surface area contributed by atoms with Gasteiger partial charge in [0.2, 0.25) is 0 Å². The van der Waals surface area contributed by atoms with Gasteiger partial charge >= 0.3 is 5.97 Å². The van der Waals surface area contributed by atoms with Crippen molar-refractivity contribution in [1.29, 1.82) is 0 Å². The molecule has 11 heavy (non-hydrogen) atoms. The fraction of sp³-hybridized carbons (Fsp3) is 0.875. The van der Waals surface area contributed by atoms with Gasteiger partial charge in [-0.25, -0.2) is 0 Å². The van der Waals surface area contributed by atoms with Crippen LogP contribution in [0.15, 0.2) is 0 Å². The van der Waals surface area contributed by atoms with Gasteiger partial charge in [-0.1, -0.05) is 0 Å². The summed E-state index contributed by atoms with van der Waals surface area (Å²) >= 11 is 0. The standard InChI is InChI=1S/C8H12O3/c1-10-8-4-2-3-6(8)11-7(9)5-8/h6H,2-5H2,1H3/t6-,8+/m1/s1. The molecule has 0 unspecified atom stereocenters. The molecule has 1 saturated carbocycles. The van der Waals surface area contributed by atoms with E-state index in [0.29, 0.717) is 6.42 Å². The Bertz CT molecular complexity index is 190. The Morgan fingerprint density at radius 3 is 3.18 bits per heavy atom. The second-order valence-electron chi connectivity index (χ2n) is 3.32. The third-order valence-electron chi connectivity index (χ3n) is 2.78. The Hall–Kier alpha value is -0.570. The summed E-state index contributed by atoms with van der Waals surface area (Å²) in [5.74, 6) is -0.100. The van der Waals surface area contributed by atoms with E-state index in [2.05, 4.69) is 0 Å². The smallest absolute Gasteiger partial charge is 0.309 e. The molecule has 0 amide bonds. The van der Waals surface area contributed by atoms with E-state index >= 15 is 0 Å². The van der Waals surface area contributed by atoms with Crippen molar-refractivity contribution in [2.75, 3.05) is 7.11 Å². The van der Waals surface area contributed by atoms with Crippen molar-refractivity contribution in [3.05, 3.63) is 0 Å². The Balaban J connectivity index is 2.21. The first-order valence-electron chi connectivity index (χ1n) is 4.01. The molecule has 0 aromatic carbocycles. The fourth-order valence-electron chi connectivity index (χ4n) is 2.13. The number of fused-ring (bicyclic) bond motifs is 1. The molecule has 0 radical (unpaired) electrons. The minimum Gasteiger partial charge on any atom is -0.459 e. The third-order valence-corrected chi connectivity index (χ3v) is 2.78. The predicted molar refractivity (Wildman–Crippen MR) is 38.1 cm³/mol. The first-order chi connectivity index (χ1) is 5.27. The van der Waals surface area contributed by atoms with E-state index in [9.17, 15) is 4.79 Å². The van der Waals surface area contributed by atoms with Gasteiger partial charge in [-0.15, -0.1) is 0 Å². The number of methoxy groups -OCH3 is 1. The van der Waals surface area contributed by atoms with Crippen LogP contribution in [-0.2, 0) is 14.3 Å². The molecule has 0 bridgehead atoms. The summed E-state index contributed by atoms with van der Waals surface area (Å²) in [5, 5.41) is 0. The lowest BCUT2D eigenvalue weighted by Gasteiger charge is -2.23. The van der Waals surface area contributed by atoms with E-state index in [0.717, 1.165) is 19.3 Å². The van der Waals surface area contributed by atoms with Crippen LogP contribution in [0.5, 0.6) is 0 Å². The number of hydrogen-bond donors (Lipinski definition) is 0. The second kappa shape index (κ2) is 2.21. The van der Waals surface area contributed by atoms with E-state index < -0.39 is 0 Å². The monoisotopic (exact) mass is 156 g/mol. The van der Waals surface area contributed by atoms with Crippen LogP contribution in [0.1, 0.15) is 25.7 Å². The maximum absolute atomic E-state index is 10.9. The Kier molecular flexibility index (Phi) is 1.42. The molecule has 2 rings (SSSR count). The quantitative estimate of drug-likeness (QED) is 0.528. The molecule has 3 heteroatoms. The maximum Gasteiger partial charge on any atom is 0.309 e. The van der Waals surface area contributed by atoms with Crippen LogP contribution in [0, 0.1) is 0 Å². The van der Waals surface area contributed by atoms with Crippen molar-refractivity contribution in [2.24, 2.45) is 0 Å². The molecule has 1 aliphatic carbocycles. The van der Waals surface area contributed by atoms with E-state index in [4.69, 9.17) is 9.47 Å². The number of carbonyl (C=O) groups excluding carboxylic acids is 1. The minimum absolute atomic E-state index is 0.0417. The SMILES string of the molecule is CO[C@]12CCC[C@H]1OC(=O)C2. The minimum atomic E-state index is -0.253. The van der Waals surface area contributed by atoms with E-state index in [1.807, 2.05) is 0 Å². The Morgan fingerprint density at radius 2 is 2.55 bits per heavy atom. The Labute approximate surface area is 65.7 Å². The molecular weight excluding hydrogens is 144 g/mol. The largest absolute Gasteiger partial charge is 0.459 e. The van der Waals surface area contributed by atoms with Gasteiger partial charge in [0.1, 0.15) is 11.7 Å². The normalized spacial score (nSPS) is 42.3. The van der Waals surface area contributed by atoms with E-state index in [1.165, 1.54) is 0 Å². The summed E-state index contributed by atoms with van der Waals surface area (Å²) in [6, 6.07) is 0. The summed E-state index contributed by atoms with van der Waals surface area (Å²) in [5.41, 5.74) is -0.253. The summed E-state index contributed by atoms with van der Waals surface area (Å²) in [7, 11) is 1.67. The average Bonchev–Trinajstić information content (AvgIpc) is 2.43. The van der Waals surface area contributed by atoms with Crippen LogP contribution in [0.3, 0.4) is 0 Å². The van der Waals surface area contributed by atoms with Crippen LogP contribution in [0.25, 0.3) is 0 Å². The number of carbonyl (C=O) groups is 1. The molecule has 2 atom stereocenters. The van der Waals surface area contributed by atoms with Crippen molar-refractivity contribution in [2.45, 2.75) is 37.4 Å². The predicted octanol–water partition coefficient (Wildman–Crippen LogP) is 0.871. The Morgan fingerprint density at radius 1 is 1.73 bits per heavy atom. The molecule has 1 aliphatic heterocycles. The van der Waals surface area contributed by atoms with Gasteiger partial charge in [0.15, 0.2) is 0 Å². The zero-order valence-electron chi connectivity index (χ0n) is 6.63. The van der Waals surface area contributed by atoms with Gasteiger partial charge in [0.25, 0.3) is 0 Å². The number of rotatable bonds is 1. The van der Waals surface area contributed by atoms with Crippen molar-refractivity contribution < 1.29 is 14.3 Å². The summed E-state index contributed by atoms with van der Waals surface area (Å²) in [6.07, 6.45) is 3.55. The van der Waals surface area contributed by atoms with Gasteiger partial charge < -0.3 is 9.47 Å². The van der Waals surface area contributed by atoms with Crippen LogP contribution in [-0.4, -0.2) is 24.8 Å². The van der Waals surface area contributed by atoms with Crippen LogP contribution < -0.4 is 0 Å². The van der Waals surface area contributed by atoms with Crippen LogP contribution in [0.4, 0.5) is 0 Å². The topological polar surface area (TPSA) is 35.5 Å². The summed E-state index contributed by atoms with van der Waals surface area (Å²) in [6.45, 7) is 0. The number of esters is 1. The summed E-state index contributed by atoms with van der Waals surface area (Å²) < 4.78 is 10.5. The number of ether oxygens (including phenoxy) is 2. The highest BCUT2D eigenvalue weighted by atomic mass is 16.6. The highest BCUT2D eigenvalue weighted by Crippen LogP contribution is 2.42. The number of hydrogen-bond acceptors (Lipinski definition) is 3. The van der Waals surface area contributed by atoms with Gasteiger partial charge in [-0.3, -0.25) is 4.79 Å². The maximum atomic E-state index is 10.9. The summed E-state index contributed by atoms with van der Waals surface area (Å²) in [4.78, 5) is 10.9. The van der Waals surface area contributed by atoms with Gasteiger partial charge in [-0.05, 0) is 19.3 Å². The lowest BCUT2D eigenvalue weighted by Crippen LogP contribution is -2.34. The molecule has 2 aliphatic rings. The molecule has 0 aromatic heterocycles. The zero-order valence-corrected chi connectivity index (χ0v) is 6.63. The van der Waals surface area contributed by atoms with Gasteiger partial charge in [0.05, 0.1) is 6.42 Å². The van der Waals surface area contributed by atoms with Crippen LogP contribution in [0.2, 0.25) is 0 Å². The van der Waals surface area contributed by atoms with Crippen molar-refractivity contribution >= 4 is 5.97 Å². The molecule has 2 fully saturated rings. The molecule has 3 nitrogen and oxygen atoms in total. The highest BCUT2D eigenvalue weighted by Gasteiger charge is 2.52. The first-order valence-corrected chi connectivity index (χ1v) is 4.01. The lowest BCUT2D eigenvalue weighted by atomic mass is 9.98. The van der Waals surface area contributed by atoms with Crippen LogP contribution >= 0.6 is 0 Å². The molecule has 0 aromatic rings. The molecule has 62 valence electrons. The molecule has 0 spiro atoms. The van der Waals surface area contributed by atoms with Gasteiger partial charge in [0, 0.05) is 7.11 Å². The molecule has 0 N–H and O–H groups in total. The zero-order chi connectivity index (χ0) is 7.90. The van der Waals surface area contributed by atoms with E-state index in [-0.39, 0.29) is 17.7 Å². The van der Waals surface area contributed by atoms with E-state index in [1.54, 1.807) is 7.11 Å². The molecular formula is C8H12O3. The first kappa shape index (κ1) is 7.10. The van der Waals surface area contributed by atoms with Crippen molar-refractivity contribution in [3.8, 4) is 0 Å². The second-order valence-corrected chi connectivity index (χ2v) is 3.32. The van der Waals surface area contributed by atoms with Crippen molar-refractivity contribution in [3.63, 3.8) is 0 Å².